The monoisotopic (exact) mass is 380 g/mol. The number of amides is 1. The molecule has 1 heterocycles. The first kappa shape index (κ1) is 18.9. The van der Waals surface area contributed by atoms with Crippen molar-refractivity contribution in [1.29, 1.82) is 0 Å². The van der Waals surface area contributed by atoms with E-state index in [0.717, 1.165) is 17.5 Å². The van der Waals surface area contributed by atoms with Crippen molar-refractivity contribution in [2.75, 3.05) is 11.9 Å². The first-order valence-electron chi connectivity index (χ1n) is 8.74. The highest BCUT2D eigenvalue weighted by Gasteiger charge is 2.08. The van der Waals surface area contributed by atoms with Crippen molar-refractivity contribution in [2.24, 2.45) is 0 Å². The number of anilines is 1. The number of halogens is 1. The molecule has 0 bridgehead atoms. The fraction of sp³-hybridized carbons (Fsp3) is 0.190. The number of benzene rings is 2. The van der Waals surface area contributed by atoms with E-state index >= 15 is 0 Å². The van der Waals surface area contributed by atoms with E-state index in [4.69, 9.17) is 11.6 Å². The zero-order chi connectivity index (χ0) is 19.1. The summed E-state index contributed by atoms with van der Waals surface area (Å²) in [5, 5.41) is 6.81. The molecule has 1 amide bonds. The minimum Gasteiger partial charge on any atom is -0.366 e. The van der Waals surface area contributed by atoms with Crippen LogP contribution < -0.4 is 10.6 Å². The lowest BCUT2D eigenvalue weighted by Gasteiger charge is -2.08. The second-order valence-corrected chi connectivity index (χ2v) is 6.70. The van der Waals surface area contributed by atoms with Gasteiger partial charge < -0.3 is 10.6 Å². The Morgan fingerprint density at radius 1 is 1.04 bits per heavy atom. The molecule has 0 aliphatic carbocycles. The Hall–Kier alpha value is -2.92. The van der Waals surface area contributed by atoms with Crippen LogP contribution in [-0.4, -0.2) is 22.4 Å². The third-order valence-corrected chi connectivity index (χ3v) is 4.32. The molecule has 3 rings (SSSR count). The van der Waals surface area contributed by atoms with Crippen molar-refractivity contribution in [3.63, 3.8) is 0 Å². The zero-order valence-corrected chi connectivity index (χ0v) is 15.8. The maximum absolute atomic E-state index is 12.3. The summed E-state index contributed by atoms with van der Waals surface area (Å²) in [4.78, 5) is 20.6. The van der Waals surface area contributed by atoms with Gasteiger partial charge in [0.15, 0.2) is 0 Å². The first-order valence-corrected chi connectivity index (χ1v) is 9.12. The highest BCUT2D eigenvalue weighted by atomic mass is 35.5. The molecule has 138 valence electrons. The quantitative estimate of drug-likeness (QED) is 0.649. The molecule has 0 saturated carbocycles. The van der Waals surface area contributed by atoms with Crippen LogP contribution in [0.25, 0.3) is 0 Å². The molecule has 2 N–H and O–H groups in total. The minimum atomic E-state index is -0.218. The van der Waals surface area contributed by atoms with E-state index in [2.05, 4.69) is 39.7 Å². The predicted octanol–water partition coefficient (Wildman–Crippen LogP) is 4.02. The third kappa shape index (κ3) is 5.79. The number of nitrogens with zero attached hydrogens (tertiary/aromatic N) is 2. The summed E-state index contributed by atoms with van der Waals surface area (Å²) in [6.07, 6.45) is 2.12. The molecule has 0 fully saturated rings. The highest BCUT2D eigenvalue weighted by molar-refractivity contribution is 6.30. The summed E-state index contributed by atoms with van der Waals surface area (Å²) < 4.78 is 0. The van der Waals surface area contributed by atoms with Crippen LogP contribution in [0.5, 0.6) is 0 Å². The van der Waals surface area contributed by atoms with Gasteiger partial charge in [-0.05, 0) is 36.6 Å². The summed E-state index contributed by atoms with van der Waals surface area (Å²) in [6, 6.07) is 17.5. The molecular formula is C21H21ClN4O. The van der Waals surface area contributed by atoms with Gasteiger partial charge in [0.1, 0.15) is 17.8 Å². The first-order chi connectivity index (χ1) is 13.1. The standard InChI is InChI=1S/C21H21ClN4O/c1-15-3-2-4-17(11-15)13-24-20-12-19(25-14-26-20)21(27)23-10-9-16-5-7-18(22)8-6-16/h2-8,11-12,14H,9-10,13H2,1H3,(H,23,27)(H,24,25,26). The molecule has 0 unspecified atom stereocenters. The lowest BCUT2D eigenvalue weighted by atomic mass is 10.1. The van der Waals surface area contributed by atoms with E-state index in [1.165, 1.54) is 11.9 Å². The molecular weight excluding hydrogens is 360 g/mol. The van der Waals surface area contributed by atoms with Crippen LogP contribution in [0.4, 0.5) is 5.82 Å². The molecule has 0 spiro atoms. The number of hydrogen-bond acceptors (Lipinski definition) is 4. The molecule has 1 aromatic heterocycles. The molecule has 0 aliphatic heterocycles. The zero-order valence-electron chi connectivity index (χ0n) is 15.1. The number of carbonyl (C=O) groups excluding carboxylic acids is 1. The molecule has 6 heteroatoms. The van der Waals surface area contributed by atoms with Crippen molar-refractivity contribution < 1.29 is 4.79 Å². The van der Waals surface area contributed by atoms with Crippen LogP contribution >= 0.6 is 11.6 Å². The number of nitrogens with one attached hydrogen (secondary N) is 2. The van der Waals surface area contributed by atoms with Crippen molar-refractivity contribution in [1.82, 2.24) is 15.3 Å². The van der Waals surface area contributed by atoms with Crippen molar-refractivity contribution in [3.05, 3.63) is 88.3 Å². The van der Waals surface area contributed by atoms with Gasteiger partial charge in [0.25, 0.3) is 5.91 Å². The summed E-state index contributed by atoms with van der Waals surface area (Å²) in [7, 11) is 0. The number of rotatable bonds is 7. The maximum atomic E-state index is 12.3. The number of carbonyl (C=O) groups is 1. The summed E-state index contributed by atoms with van der Waals surface area (Å²) in [6.45, 7) is 3.22. The van der Waals surface area contributed by atoms with Crippen LogP contribution in [-0.2, 0) is 13.0 Å². The molecule has 27 heavy (non-hydrogen) atoms. The Bertz CT molecular complexity index is 912. The van der Waals surface area contributed by atoms with E-state index in [-0.39, 0.29) is 5.91 Å². The van der Waals surface area contributed by atoms with Crippen molar-refractivity contribution >= 4 is 23.3 Å². The van der Waals surface area contributed by atoms with Gasteiger partial charge in [-0.25, -0.2) is 9.97 Å². The van der Waals surface area contributed by atoms with Gasteiger partial charge in [-0.15, -0.1) is 0 Å². The van der Waals surface area contributed by atoms with Gasteiger partial charge >= 0.3 is 0 Å². The second kappa shape index (κ2) is 9.14. The van der Waals surface area contributed by atoms with Gasteiger partial charge in [-0.3, -0.25) is 4.79 Å². The Labute approximate surface area is 163 Å². The Kier molecular flexibility index (Phi) is 6.39. The number of aromatic nitrogens is 2. The van der Waals surface area contributed by atoms with Gasteiger partial charge in [0, 0.05) is 24.2 Å². The number of aryl methyl sites for hydroxylation is 1. The van der Waals surface area contributed by atoms with Crippen LogP contribution in [0.3, 0.4) is 0 Å². The second-order valence-electron chi connectivity index (χ2n) is 6.26. The van der Waals surface area contributed by atoms with Crippen LogP contribution in [0, 0.1) is 6.92 Å². The summed E-state index contributed by atoms with van der Waals surface area (Å²) in [5.41, 5.74) is 3.82. The molecule has 5 nitrogen and oxygen atoms in total. The fourth-order valence-corrected chi connectivity index (χ4v) is 2.78. The largest absolute Gasteiger partial charge is 0.366 e. The molecule has 0 saturated heterocycles. The highest BCUT2D eigenvalue weighted by Crippen LogP contribution is 2.10. The Morgan fingerprint density at radius 2 is 1.85 bits per heavy atom. The van der Waals surface area contributed by atoms with E-state index in [1.807, 2.05) is 36.4 Å². The fourth-order valence-electron chi connectivity index (χ4n) is 2.65. The van der Waals surface area contributed by atoms with Crippen LogP contribution in [0.15, 0.2) is 60.9 Å². The third-order valence-electron chi connectivity index (χ3n) is 4.07. The predicted molar refractivity (Wildman–Crippen MR) is 108 cm³/mol. The van der Waals surface area contributed by atoms with Gasteiger partial charge in [0.05, 0.1) is 0 Å². The van der Waals surface area contributed by atoms with Crippen molar-refractivity contribution in [2.45, 2.75) is 19.9 Å². The van der Waals surface area contributed by atoms with E-state index < -0.39 is 0 Å². The smallest absolute Gasteiger partial charge is 0.270 e. The van der Waals surface area contributed by atoms with Gasteiger partial charge in [-0.2, -0.15) is 0 Å². The minimum absolute atomic E-state index is 0.218. The lowest BCUT2D eigenvalue weighted by Crippen LogP contribution is -2.26. The maximum Gasteiger partial charge on any atom is 0.270 e. The van der Waals surface area contributed by atoms with Crippen LogP contribution in [0.2, 0.25) is 5.02 Å². The average Bonchev–Trinajstić information content (AvgIpc) is 2.68. The Morgan fingerprint density at radius 3 is 2.63 bits per heavy atom. The van der Waals surface area contributed by atoms with Crippen LogP contribution in [0.1, 0.15) is 27.2 Å². The topological polar surface area (TPSA) is 66.9 Å². The SMILES string of the molecule is Cc1cccc(CNc2cc(C(=O)NCCc3ccc(Cl)cc3)ncn2)c1. The van der Waals surface area contributed by atoms with E-state index in [9.17, 15) is 4.79 Å². The number of hydrogen-bond donors (Lipinski definition) is 2. The lowest BCUT2D eigenvalue weighted by molar-refractivity contribution is 0.0949. The average molecular weight is 381 g/mol. The molecule has 2 aromatic carbocycles. The molecule has 0 aliphatic rings. The molecule has 0 atom stereocenters. The Balaban J connectivity index is 1.52. The van der Waals surface area contributed by atoms with E-state index in [1.54, 1.807) is 6.07 Å². The molecule has 3 aromatic rings. The van der Waals surface area contributed by atoms with E-state index in [0.29, 0.717) is 29.6 Å². The molecule has 0 radical (unpaired) electrons. The van der Waals surface area contributed by atoms with Gasteiger partial charge in [-0.1, -0.05) is 53.6 Å². The normalized spacial score (nSPS) is 10.4. The summed E-state index contributed by atoms with van der Waals surface area (Å²) >= 11 is 5.87. The van der Waals surface area contributed by atoms with Gasteiger partial charge in [0.2, 0.25) is 0 Å². The van der Waals surface area contributed by atoms with Crippen molar-refractivity contribution in [3.8, 4) is 0 Å². The summed E-state index contributed by atoms with van der Waals surface area (Å²) in [5.74, 6) is 0.402.